The van der Waals surface area contributed by atoms with Crippen molar-refractivity contribution in [1.29, 1.82) is 0 Å². The average molecular weight is 271 g/mol. The molecule has 5 nitrogen and oxygen atoms in total. The summed E-state index contributed by atoms with van der Waals surface area (Å²) in [4.78, 5) is 18.7. The Morgan fingerprint density at radius 2 is 2.11 bits per heavy atom. The Bertz CT molecular complexity index is 580. The molecule has 19 heavy (non-hydrogen) atoms. The van der Waals surface area contributed by atoms with Gasteiger partial charge in [0.25, 0.3) is 0 Å². The molecule has 0 N–H and O–H groups in total. The summed E-state index contributed by atoms with van der Waals surface area (Å²) in [6.07, 6.45) is -3.45. The molecule has 0 saturated carbocycles. The second kappa shape index (κ2) is 4.79. The van der Waals surface area contributed by atoms with Crippen molar-refractivity contribution >= 4 is 5.78 Å². The first-order valence-corrected chi connectivity index (χ1v) is 5.25. The number of aromatic nitrogens is 3. The quantitative estimate of drug-likeness (QED) is 0.857. The predicted octanol–water partition coefficient (Wildman–Crippen LogP) is 2.37. The fourth-order valence-electron chi connectivity index (χ4n) is 1.37. The second-order valence-corrected chi connectivity index (χ2v) is 3.75. The Morgan fingerprint density at radius 3 is 2.68 bits per heavy atom. The highest BCUT2D eigenvalue weighted by atomic mass is 19.4. The fourth-order valence-corrected chi connectivity index (χ4v) is 1.37. The zero-order valence-electron chi connectivity index (χ0n) is 9.68. The van der Waals surface area contributed by atoms with Gasteiger partial charge in [0.05, 0.1) is 0 Å². The van der Waals surface area contributed by atoms with E-state index in [9.17, 15) is 18.0 Å². The van der Waals surface area contributed by atoms with E-state index in [0.717, 1.165) is 6.92 Å². The molecule has 0 aromatic carbocycles. The average Bonchev–Trinajstić information content (AvgIpc) is 2.86. The molecule has 0 fully saturated rings. The number of rotatable bonds is 3. The zero-order chi connectivity index (χ0) is 14.0. The summed E-state index contributed by atoms with van der Waals surface area (Å²) in [6.45, 7) is 1.06. The number of Topliss-reactive ketones (excluding diaryl/α,β-unsaturated/α-hetero) is 1. The van der Waals surface area contributed by atoms with Gasteiger partial charge in [0.15, 0.2) is 0 Å². The van der Waals surface area contributed by atoms with Crippen LogP contribution in [0.3, 0.4) is 0 Å². The molecule has 2 aromatic heterocycles. The molecule has 0 amide bonds. The van der Waals surface area contributed by atoms with Crippen molar-refractivity contribution in [3.63, 3.8) is 0 Å². The van der Waals surface area contributed by atoms with E-state index in [0.29, 0.717) is 5.69 Å². The molecule has 0 aliphatic heterocycles. The standard InChI is InChI=1S/C11H8F3N3O2/c1-6(8(18)11(12,13)14)10-16-9(17-19-10)7-4-2-3-5-15-7/h2-6H,1H3. The van der Waals surface area contributed by atoms with E-state index in [1.165, 1.54) is 6.20 Å². The Morgan fingerprint density at radius 1 is 1.37 bits per heavy atom. The lowest BCUT2D eigenvalue weighted by Gasteiger charge is -2.07. The normalized spacial score (nSPS) is 13.3. The molecule has 2 aromatic rings. The number of alkyl halides is 3. The molecule has 0 spiro atoms. The van der Waals surface area contributed by atoms with Gasteiger partial charge in [-0.2, -0.15) is 18.2 Å². The Balaban J connectivity index is 2.25. The number of halogens is 3. The van der Waals surface area contributed by atoms with Crippen molar-refractivity contribution in [2.75, 3.05) is 0 Å². The van der Waals surface area contributed by atoms with Crippen molar-refractivity contribution in [1.82, 2.24) is 15.1 Å². The van der Waals surface area contributed by atoms with Crippen LogP contribution in [-0.2, 0) is 4.79 Å². The van der Waals surface area contributed by atoms with Gasteiger partial charge in [0.1, 0.15) is 11.6 Å². The van der Waals surface area contributed by atoms with Gasteiger partial charge in [-0.05, 0) is 19.1 Å². The van der Waals surface area contributed by atoms with Crippen LogP contribution in [0.2, 0.25) is 0 Å². The lowest BCUT2D eigenvalue weighted by atomic mass is 10.1. The van der Waals surface area contributed by atoms with Crippen molar-refractivity contribution in [3.05, 3.63) is 30.3 Å². The number of hydrogen-bond donors (Lipinski definition) is 0. The Labute approximate surface area is 105 Å². The molecule has 1 unspecified atom stereocenters. The topological polar surface area (TPSA) is 68.9 Å². The summed E-state index contributed by atoms with van der Waals surface area (Å²) in [6, 6.07) is 4.91. The van der Waals surface area contributed by atoms with E-state index in [4.69, 9.17) is 0 Å². The van der Waals surface area contributed by atoms with Gasteiger partial charge in [-0.1, -0.05) is 11.2 Å². The van der Waals surface area contributed by atoms with Crippen LogP contribution in [0.25, 0.3) is 11.5 Å². The molecule has 0 saturated heterocycles. The molecule has 0 aliphatic rings. The van der Waals surface area contributed by atoms with E-state index < -0.39 is 17.9 Å². The number of hydrogen-bond acceptors (Lipinski definition) is 5. The number of nitrogens with zero attached hydrogens (tertiary/aromatic N) is 3. The van der Waals surface area contributed by atoms with E-state index >= 15 is 0 Å². The third-order valence-electron chi connectivity index (χ3n) is 2.38. The highest BCUT2D eigenvalue weighted by molar-refractivity contribution is 5.89. The lowest BCUT2D eigenvalue weighted by molar-refractivity contribution is -0.172. The van der Waals surface area contributed by atoms with Crippen molar-refractivity contribution in [2.24, 2.45) is 0 Å². The third kappa shape index (κ3) is 2.78. The van der Waals surface area contributed by atoms with Gasteiger partial charge >= 0.3 is 6.18 Å². The second-order valence-electron chi connectivity index (χ2n) is 3.75. The minimum absolute atomic E-state index is 0.0393. The molecule has 2 rings (SSSR count). The Hall–Kier alpha value is -2.25. The van der Waals surface area contributed by atoms with Crippen molar-refractivity contribution in [3.8, 4) is 11.5 Å². The fraction of sp³-hybridized carbons (Fsp3) is 0.273. The van der Waals surface area contributed by atoms with Crippen LogP contribution < -0.4 is 0 Å². The van der Waals surface area contributed by atoms with Crippen LogP contribution in [0.4, 0.5) is 13.2 Å². The van der Waals surface area contributed by atoms with Crippen LogP contribution >= 0.6 is 0 Å². The van der Waals surface area contributed by atoms with Crippen LogP contribution in [0.1, 0.15) is 18.7 Å². The zero-order valence-corrected chi connectivity index (χ0v) is 9.68. The lowest BCUT2D eigenvalue weighted by Crippen LogP contribution is -2.27. The largest absolute Gasteiger partial charge is 0.450 e. The van der Waals surface area contributed by atoms with Crippen LogP contribution in [0.15, 0.2) is 28.9 Å². The summed E-state index contributed by atoms with van der Waals surface area (Å²) in [5, 5.41) is 3.50. The maximum atomic E-state index is 12.3. The summed E-state index contributed by atoms with van der Waals surface area (Å²) < 4.78 is 41.5. The molecule has 0 bridgehead atoms. The van der Waals surface area contributed by atoms with E-state index in [1.807, 2.05) is 0 Å². The maximum absolute atomic E-state index is 12.3. The summed E-state index contributed by atoms with van der Waals surface area (Å²) in [5.41, 5.74) is 0.351. The third-order valence-corrected chi connectivity index (χ3v) is 2.38. The molecule has 0 radical (unpaired) electrons. The first-order valence-electron chi connectivity index (χ1n) is 5.25. The highest BCUT2D eigenvalue weighted by Crippen LogP contribution is 2.27. The first kappa shape index (κ1) is 13.2. The van der Waals surface area contributed by atoms with Crippen LogP contribution in [0, 0.1) is 0 Å². The van der Waals surface area contributed by atoms with Gasteiger partial charge < -0.3 is 4.52 Å². The number of ketones is 1. The summed E-state index contributed by atoms with van der Waals surface area (Å²) >= 11 is 0. The maximum Gasteiger partial charge on any atom is 0.450 e. The highest BCUT2D eigenvalue weighted by Gasteiger charge is 2.44. The predicted molar refractivity (Wildman–Crippen MR) is 57.0 cm³/mol. The van der Waals surface area contributed by atoms with Gasteiger partial charge in [-0.15, -0.1) is 0 Å². The van der Waals surface area contributed by atoms with E-state index in [2.05, 4.69) is 19.6 Å². The van der Waals surface area contributed by atoms with E-state index in [-0.39, 0.29) is 11.7 Å². The van der Waals surface area contributed by atoms with Gasteiger partial charge in [0, 0.05) is 6.20 Å². The minimum Gasteiger partial charge on any atom is -0.338 e. The van der Waals surface area contributed by atoms with Crippen LogP contribution in [-0.4, -0.2) is 27.1 Å². The monoisotopic (exact) mass is 271 g/mol. The van der Waals surface area contributed by atoms with E-state index in [1.54, 1.807) is 18.2 Å². The molecule has 100 valence electrons. The summed E-state index contributed by atoms with van der Waals surface area (Å²) in [7, 11) is 0. The Kier molecular flexibility index (Phi) is 3.32. The molecule has 1 atom stereocenters. The van der Waals surface area contributed by atoms with Gasteiger partial charge in [-0.3, -0.25) is 9.78 Å². The molecular weight excluding hydrogens is 263 g/mol. The van der Waals surface area contributed by atoms with Crippen molar-refractivity contribution < 1.29 is 22.5 Å². The van der Waals surface area contributed by atoms with Crippen molar-refractivity contribution in [2.45, 2.75) is 19.0 Å². The SMILES string of the molecule is CC(C(=O)C(F)(F)F)c1nc(-c2ccccn2)no1. The first-order chi connectivity index (χ1) is 8.89. The molecule has 2 heterocycles. The number of pyridine rings is 1. The molecular formula is C11H8F3N3O2. The number of carbonyl (C=O) groups excluding carboxylic acids is 1. The van der Waals surface area contributed by atoms with Crippen LogP contribution in [0.5, 0.6) is 0 Å². The summed E-state index contributed by atoms with van der Waals surface area (Å²) in [5.74, 6) is -3.81. The van der Waals surface area contributed by atoms with Gasteiger partial charge in [-0.25, -0.2) is 0 Å². The molecule has 0 aliphatic carbocycles. The number of carbonyl (C=O) groups is 1. The van der Waals surface area contributed by atoms with Gasteiger partial charge in [0.2, 0.25) is 17.5 Å². The minimum atomic E-state index is -4.93. The smallest absolute Gasteiger partial charge is 0.338 e. The molecule has 8 heteroatoms.